The van der Waals surface area contributed by atoms with Crippen molar-refractivity contribution in [2.45, 2.75) is 6.92 Å². The monoisotopic (exact) mass is 562 g/mol. The summed E-state index contributed by atoms with van der Waals surface area (Å²) in [6.45, 7) is 2.28. The van der Waals surface area contributed by atoms with Crippen LogP contribution >= 0.6 is 0 Å². The van der Waals surface area contributed by atoms with Crippen LogP contribution in [0.1, 0.15) is 5.56 Å². The van der Waals surface area contributed by atoms with E-state index in [4.69, 9.17) is 2.79 Å². The summed E-state index contributed by atoms with van der Waals surface area (Å²) >= 11 is -6.98. The fourth-order valence-corrected chi connectivity index (χ4v) is 37.9. The summed E-state index contributed by atoms with van der Waals surface area (Å²) in [7, 11) is 0. The fraction of sp³-hybridized carbons (Fsp3) is 0.0323. The first-order valence-corrected chi connectivity index (χ1v) is 19.8. The normalized spacial score (nSPS) is 15.6. The van der Waals surface area contributed by atoms with Crippen LogP contribution in [0.25, 0.3) is 0 Å². The van der Waals surface area contributed by atoms with E-state index in [1.165, 1.54) is 31.9 Å². The van der Waals surface area contributed by atoms with E-state index in [1.54, 1.807) is 0 Å². The van der Waals surface area contributed by atoms with Crippen molar-refractivity contribution in [3.8, 4) is 0 Å². The molecule has 0 N–H and O–H groups in total. The van der Waals surface area contributed by atoms with Crippen LogP contribution < -0.4 is 26.4 Å². The van der Waals surface area contributed by atoms with Crippen molar-refractivity contribution in [1.82, 2.24) is 0 Å². The summed E-state index contributed by atoms with van der Waals surface area (Å²) in [5.41, 5.74) is 1.35. The van der Waals surface area contributed by atoms with Gasteiger partial charge in [-0.3, -0.25) is 0 Å². The molecule has 5 aromatic rings. The molecule has 0 saturated heterocycles. The van der Waals surface area contributed by atoms with Crippen molar-refractivity contribution in [3.63, 3.8) is 0 Å². The number of fused-ring (bicyclic) bond motifs is 1. The van der Waals surface area contributed by atoms with E-state index in [-0.39, 0.29) is 0 Å². The van der Waals surface area contributed by atoms with Gasteiger partial charge in [-0.1, -0.05) is 0 Å². The van der Waals surface area contributed by atoms with Crippen LogP contribution in [0.2, 0.25) is 0 Å². The number of aryl methyl sites for hydroxylation is 1. The van der Waals surface area contributed by atoms with E-state index in [0.717, 1.165) is 0 Å². The van der Waals surface area contributed by atoms with E-state index in [0.29, 0.717) is 0 Å². The third-order valence-corrected chi connectivity index (χ3v) is 31.0. The first kappa shape index (κ1) is 21.7. The SMILES string of the molecule is Cc1ccc[c]2[c]1[Ge]([c]1ccccc1)([c]1ccccc1)[O][Ge]2([c]1ccccc1)[c]1ccccc1. The third kappa shape index (κ3) is 3.18. The molecule has 1 nitrogen and oxygen atoms in total. The molecule has 0 unspecified atom stereocenters. The number of benzene rings is 5. The maximum atomic E-state index is 8.01. The van der Waals surface area contributed by atoms with Gasteiger partial charge in [0.1, 0.15) is 0 Å². The number of rotatable bonds is 4. The van der Waals surface area contributed by atoms with Gasteiger partial charge in [0.15, 0.2) is 0 Å². The molecular weight excluding hydrogens is 534 g/mol. The van der Waals surface area contributed by atoms with Crippen LogP contribution in [0.5, 0.6) is 0 Å². The van der Waals surface area contributed by atoms with E-state index < -0.39 is 27.2 Å². The Kier molecular flexibility index (Phi) is 5.57. The van der Waals surface area contributed by atoms with Gasteiger partial charge in [-0.15, -0.1) is 0 Å². The van der Waals surface area contributed by atoms with Crippen LogP contribution in [0, 0.1) is 6.92 Å². The molecule has 0 aliphatic carbocycles. The fourth-order valence-electron chi connectivity index (χ4n) is 5.62. The Bertz CT molecular complexity index is 1340. The van der Waals surface area contributed by atoms with Gasteiger partial charge in [0.2, 0.25) is 0 Å². The third-order valence-electron chi connectivity index (χ3n) is 7.03. The molecular formula is C31H26Ge2O. The summed E-state index contributed by atoms with van der Waals surface area (Å²) in [4.78, 5) is 0. The molecule has 5 aromatic carbocycles. The summed E-state index contributed by atoms with van der Waals surface area (Å²) in [6.07, 6.45) is 0. The Labute approximate surface area is 207 Å². The van der Waals surface area contributed by atoms with Crippen LogP contribution in [-0.2, 0) is 2.79 Å². The Morgan fingerprint density at radius 3 is 1.21 bits per heavy atom. The maximum absolute atomic E-state index is 8.01. The molecule has 0 aromatic heterocycles. The second kappa shape index (κ2) is 8.73. The molecule has 0 saturated carbocycles. The van der Waals surface area contributed by atoms with Crippen molar-refractivity contribution in [2.75, 3.05) is 0 Å². The number of hydrogen-bond acceptors (Lipinski definition) is 1. The molecule has 0 bridgehead atoms. The zero-order valence-electron chi connectivity index (χ0n) is 19.2. The summed E-state index contributed by atoms with van der Waals surface area (Å²) in [6, 6.07) is 51.1. The minimum atomic E-state index is -3.50. The number of hydrogen-bond donors (Lipinski definition) is 0. The molecule has 1 heterocycles. The minimum absolute atomic E-state index is 1.35. The second-order valence-corrected chi connectivity index (χ2v) is 24.3. The molecule has 1 aliphatic rings. The van der Waals surface area contributed by atoms with Crippen molar-refractivity contribution in [1.29, 1.82) is 0 Å². The first-order valence-electron chi connectivity index (χ1n) is 11.8. The molecule has 0 atom stereocenters. The van der Waals surface area contributed by atoms with Crippen LogP contribution in [0.15, 0.2) is 140 Å². The van der Waals surface area contributed by atoms with Gasteiger partial charge in [0.05, 0.1) is 0 Å². The summed E-state index contributed by atoms with van der Waals surface area (Å²) in [5.74, 6) is 0. The van der Waals surface area contributed by atoms with E-state index in [9.17, 15) is 0 Å². The average Bonchev–Trinajstić information content (AvgIpc) is 3.25. The van der Waals surface area contributed by atoms with Crippen LogP contribution in [0.4, 0.5) is 0 Å². The van der Waals surface area contributed by atoms with Gasteiger partial charge in [0.25, 0.3) is 0 Å². The summed E-state index contributed by atoms with van der Waals surface area (Å²) < 4.78 is 16.4. The predicted molar refractivity (Wildman–Crippen MR) is 147 cm³/mol. The van der Waals surface area contributed by atoms with Gasteiger partial charge >= 0.3 is 208 Å². The topological polar surface area (TPSA) is 9.23 Å². The van der Waals surface area contributed by atoms with Gasteiger partial charge in [-0.05, 0) is 0 Å². The predicted octanol–water partition coefficient (Wildman–Crippen LogP) is 2.96. The van der Waals surface area contributed by atoms with Crippen LogP contribution in [0.3, 0.4) is 0 Å². The van der Waals surface area contributed by atoms with Crippen molar-refractivity contribution >= 4 is 53.6 Å². The quantitative estimate of drug-likeness (QED) is 0.308. The molecule has 0 amide bonds. The Morgan fingerprint density at radius 2 is 0.794 bits per heavy atom. The molecule has 34 heavy (non-hydrogen) atoms. The molecule has 6 rings (SSSR count). The zero-order chi connectivity index (χ0) is 23.0. The summed E-state index contributed by atoms with van der Waals surface area (Å²) in [5, 5.41) is 0. The van der Waals surface area contributed by atoms with Gasteiger partial charge in [0, 0.05) is 0 Å². The molecule has 0 spiro atoms. The second-order valence-electron chi connectivity index (χ2n) is 8.93. The average molecular weight is 560 g/mol. The Hall–Kier alpha value is -2.85. The van der Waals surface area contributed by atoms with Crippen molar-refractivity contribution < 1.29 is 2.79 Å². The van der Waals surface area contributed by atoms with E-state index in [1.807, 2.05) is 0 Å². The first-order chi connectivity index (χ1) is 16.8. The standard InChI is InChI=1S/C31H26Ge2O/c1-25-15-14-24-30-31(25)33(28-20-10-4-11-21-28,29-22-12-5-13-23-29)34-32(30,26-16-6-2-7-17-26)27-18-8-3-9-19-27/h2-24H,1H3. The Morgan fingerprint density at radius 1 is 0.412 bits per heavy atom. The molecule has 0 fully saturated rings. The van der Waals surface area contributed by atoms with Gasteiger partial charge < -0.3 is 0 Å². The zero-order valence-corrected chi connectivity index (χ0v) is 23.4. The van der Waals surface area contributed by atoms with E-state index >= 15 is 0 Å². The molecule has 1 aliphatic heterocycles. The Balaban J connectivity index is 1.79. The van der Waals surface area contributed by atoms with E-state index in [2.05, 4.69) is 146 Å². The van der Waals surface area contributed by atoms with Crippen molar-refractivity contribution in [3.05, 3.63) is 145 Å². The molecule has 3 heteroatoms. The molecule has 164 valence electrons. The molecule has 0 radical (unpaired) electrons. The van der Waals surface area contributed by atoms with Gasteiger partial charge in [-0.2, -0.15) is 0 Å². The van der Waals surface area contributed by atoms with Gasteiger partial charge in [-0.25, -0.2) is 0 Å². The van der Waals surface area contributed by atoms with Crippen LogP contribution in [-0.4, -0.2) is 27.2 Å². The van der Waals surface area contributed by atoms with Crippen molar-refractivity contribution in [2.24, 2.45) is 0 Å².